The Kier molecular flexibility index (Phi) is 6.84. The Morgan fingerprint density at radius 2 is 1.68 bits per heavy atom. The second-order valence-corrected chi connectivity index (χ2v) is 7.33. The van der Waals surface area contributed by atoms with Crippen LogP contribution in [-0.2, 0) is 0 Å². The van der Waals surface area contributed by atoms with Gasteiger partial charge in [0, 0.05) is 18.6 Å². The van der Waals surface area contributed by atoms with Gasteiger partial charge < -0.3 is 16.4 Å². The topological polar surface area (TPSA) is 73.9 Å². The number of rotatable bonds is 7. The average Bonchev–Trinajstić information content (AvgIpc) is 2.19. The van der Waals surface area contributed by atoms with Gasteiger partial charge in [-0.25, -0.2) is 0 Å². The van der Waals surface area contributed by atoms with Crippen LogP contribution in [0.4, 0.5) is 0 Å². The molecular formula is C15H34N4. The fourth-order valence-corrected chi connectivity index (χ4v) is 2.11. The smallest absolute Gasteiger partial charge is 0.185 e. The van der Waals surface area contributed by atoms with Crippen LogP contribution in [0.15, 0.2) is 0 Å². The number of hydrogen-bond acceptors (Lipinski definition) is 2. The maximum atomic E-state index is 7.17. The molecule has 0 aliphatic carbocycles. The van der Waals surface area contributed by atoms with Crippen LogP contribution >= 0.6 is 0 Å². The van der Waals surface area contributed by atoms with E-state index in [1.54, 1.807) is 0 Å². The lowest BCUT2D eigenvalue weighted by molar-refractivity contribution is 0.0683. The van der Waals surface area contributed by atoms with Gasteiger partial charge in [-0.3, -0.25) is 5.41 Å². The third-order valence-corrected chi connectivity index (χ3v) is 4.32. The quantitative estimate of drug-likeness (QED) is 0.326. The van der Waals surface area contributed by atoms with Crippen LogP contribution < -0.4 is 16.4 Å². The maximum absolute atomic E-state index is 7.17. The van der Waals surface area contributed by atoms with Gasteiger partial charge in [-0.1, -0.05) is 48.5 Å². The van der Waals surface area contributed by atoms with Crippen molar-refractivity contribution >= 4 is 5.96 Å². The van der Waals surface area contributed by atoms with Crippen molar-refractivity contribution in [1.82, 2.24) is 10.6 Å². The van der Waals surface area contributed by atoms with Gasteiger partial charge in [0.25, 0.3) is 0 Å². The van der Waals surface area contributed by atoms with E-state index in [1.807, 2.05) is 0 Å². The highest BCUT2D eigenvalue weighted by atomic mass is 15.0. The fourth-order valence-electron chi connectivity index (χ4n) is 2.11. The molecule has 114 valence electrons. The molecule has 0 saturated heterocycles. The van der Waals surface area contributed by atoms with Crippen LogP contribution in [0.3, 0.4) is 0 Å². The summed E-state index contributed by atoms with van der Waals surface area (Å²) < 4.78 is 0. The Balaban J connectivity index is 4.59. The summed E-state index contributed by atoms with van der Waals surface area (Å²) in [5.74, 6) is 0.0588. The Labute approximate surface area is 119 Å². The summed E-state index contributed by atoms with van der Waals surface area (Å²) in [5, 5.41) is 13.7. The van der Waals surface area contributed by atoms with Crippen LogP contribution in [0.1, 0.15) is 61.3 Å². The van der Waals surface area contributed by atoms with E-state index in [-0.39, 0.29) is 16.8 Å². The maximum Gasteiger partial charge on any atom is 0.185 e. The number of nitrogens with two attached hydrogens (primary N) is 1. The van der Waals surface area contributed by atoms with Crippen LogP contribution in [0.25, 0.3) is 0 Å². The number of guanidine groups is 1. The first-order valence-electron chi connectivity index (χ1n) is 7.32. The van der Waals surface area contributed by atoms with Gasteiger partial charge in [-0.2, -0.15) is 0 Å². The molecule has 0 aromatic rings. The molecule has 0 aromatic heterocycles. The second kappa shape index (κ2) is 7.13. The van der Waals surface area contributed by atoms with E-state index < -0.39 is 0 Å². The molecule has 0 amide bonds. The van der Waals surface area contributed by atoms with Crippen LogP contribution in [0.5, 0.6) is 0 Å². The molecule has 0 spiro atoms. The van der Waals surface area contributed by atoms with Crippen LogP contribution in [-0.4, -0.2) is 24.6 Å². The molecule has 1 atom stereocenters. The SMILES string of the molecule is CC(C)NC(CCCNC(=N)N)C(C)(C)C(C)(C)C. The largest absolute Gasteiger partial charge is 0.370 e. The molecule has 19 heavy (non-hydrogen) atoms. The third-order valence-electron chi connectivity index (χ3n) is 4.32. The summed E-state index contributed by atoms with van der Waals surface area (Å²) in [6.07, 6.45) is 2.10. The zero-order chi connectivity index (χ0) is 15.3. The minimum Gasteiger partial charge on any atom is -0.370 e. The molecular weight excluding hydrogens is 236 g/mol. The third kappa shape index (κ3) is 6.28. The van der Waals surface area contributed by atoms with Crippen LogP contribution in [0.2, 0.25) is 0 Å². The normalized spacial score (nSPS) is 14.5. The summed E-state index contributed by atoms with van der Waals surface area (Å²) in [4.78, 5) is 0. The van der Waals surface area contributed by atoms with E-state index in [2.05, 4.69) is 59.1 Å². The van der Waals surface area contributed by atoms with Gasteiger partial charge in [0.1, 0.15) is 0 Å². The first-order chi connectivity index (χ1) is 8.48. The van der Waals surface area contributed by atoms with Gasteiger partial charge in [0.2, 0.25) is 0 Å². The zero-order valence-corrected chi connectivity index (χ0v) is 13.9. The van der Waals surface area contributed by atoms with E-state index in [0.717, 1.165) is 19.4 Å². The lowest BCUT2D eigenvalue weighted by Gasteiger charge is -2.46. The highest BCUT2D eigenvalue weighted by molar-refractivity contribution is 5.74. The molecule has 4 heteroatoms. The lowest BCUT2D eigenvalue weighted by atomic mass is 9.64. The Morgan fingerprint density at radius 1 is 1.16 bits per heavy atom. The summed E-state index contributed by atoms with van der Waals surface area (Å²) in [5.41, 5.74) is 5.75. The molecule has 0 bridgehead atoms. The van der Waals surface area contributed by atoms with Crippen molar-refractivity contribution in [3.63, 3.8) is 0 Å². The van der Waals surface area contributed by atoms with E-state index in [9.17, 15) is 0 Å². The molecule has 0 aliphatic rings. The van der Waals surface area contributed by atoms with Gasteiger partial charge in [0.15, 0.2) is 5.96 Å². The van der Waals surface area contributed by atoms with Crippen molar-refractivity contribution in [2.45, 2.75) is 73.4 Å². The van der Waals surface area contributed by atoms with E-state index in [4.69, 9.17) is 11.1 Å². The highest BCUT2D eigenvalue weighted by Gasteiger charge is 2.39. The summed E-state index contributed by atoms with van der Waals surface area (Å²) in [7, 11) is 0. The van der Waals surface area contributed by atoms with E-state index >= 15 is 0 Å². The minimum atomic E-state index is 0.0588. The summed E-state index contributed by atoms with van der Waals surface area (Å²) >= 11 is 0. The van der Waals surface area contributed by atoms with Crippen molar-refractivity contribution in [3.8, 4) is 0 Å². The van der Waals surface area contributed by atoms with Crippen molar-refractivity contribution in [2.24, 2.45) is 16.6 Å². The first kappa shape index (κ1) is 18.2. The van der Waals surface area contributed by atoms with Crippen LogP contribution in [0, 0.1) is 16.2 Å². The highest BCUT2D eigenvalue weighted by Crippen LogP contribution is 2.42. The fraction of sp³-hybridized carbons (Fsp3) is 0.933. The number of nitrogens with one attached hydrogen (secondary N) is 3. The standard InChI is InChI=1S/C15H34N4/c1-11(2)19-12(9-8-10-18-13(16)17)15(6,7)14(3,4)5/h11-12,19H,8-10H2,1-7H3,(H4,16,17,18). The van der Waals surface area contributed by atoms with Gasteiger partial charge in [-0.15, -0.1) is 0 Å². The molecule has 0 aliphatic heterocycles. The Morgan fingerprint density at radius 3 is 2.05 bits per heavy atom. The molecule has 0 saturated carbocycles. The van der Waals surface area contributed by atoms with Crippen molar-refractivity contribution < 1.29 is 0 Å². The number of hydrogen-bond donors (Lipinski definition) is 4. The monoisotopic (exact) mass is 270 g/mol. The Hall–Kier alpha value is -0.770. The molecule has 0 radical (unpaired) electrons. The van der Waals surface area contributed by atoms with Crippen molar-refractivity contribution in [2.75, 3.05) is 6.54 Å². The summed E-state index contributed by atoms with van der Waals surface area (Å²) in [6.45, 7) is 16.7. The van der Waals surface area contributed by atoms with Crippen molar-refractivity contribution in [1.29, 1.82) is 5.41 Å². The molecule has 0 aromatic carbocycles. The van der Waals surface area contributed by atoms with E-state index in [1.165, 1.54) is 0 Å². The predicted molar refractivity (Wildman–Crippen MR) is 84.4 cm³/mol. The minimum absolute atomic E-state index is 0.0588. The molecule has 4 nitrogen and oxygen atoms in total. The van der Waals surface area contributed by atoms with E-state index in [0.29, 0.717) is 12.1 Å². The summed E-state index contributed by atoms with van der Waals surface area (Å²) in [6, 6.07) is 0.939. The lowest BCUT2D eigenvalue weighted by Crippen LogP contribution is -2.51. The molecule has 0 heterocycles. The predicted octanol–water partition coefficient (Wildman–Crippen LogP) is 2.69. The average molecular weight is 270 g/mol. The first-order valence-corrected chi connectivity index (χ1v) is 7.32. The zero-order valence-electron chi connectivity index (χ0n) is 13.9. The van der Waals surface area contributed by atoms with Crippen molar-refractivity contribution in [3.05, 3.63) is 0 Å². The molecule has 0 rings (SSSR count). The second-order valence-electron chi connectivity index (χ2n) is 7.33. The van der Waals surface area contributed by atoms with Gasteiger partial charge in [-0.05, 0) is 23.7 Å². The molecule has 1 unspecified atom stereocenters. The van der Waals surface area contributed by atoms with Gasteiger partial charge >= 0.3 is 0 Å². The molecule has 5 N–H and O–H groups in total. The Bertz CT molecular complexity index is 276. The molecule has 0 fully saturated rings. The van der Waals surface area contributed by atoms with Gasteiger partial charge in [0.05, 0.1) is 0 Å².